The lowest BCUT2D eigenvalue weighted by molar-refractivity contribution is -0.143. The molecular weight excluding hydrogens is 628 g/mol. The topological polar surface area (TPSA) is 77.1 Å². The number of benzene rings is 2. The van der Waals surface area contributed by atoms with E-state index in [0.29, 0.717) is 48.0 Å². The number of anilines is 1. The second kappa shape index (κ2) is 15.3. The molecular formula is C32H39F6N7O2. The highest BCUT2D eigenvalue weighted by Crippen LogP contribution is 2.37. The Balaban J connectivity index is 0.000000632. The first-order valence-electron chi connectivity index (χ1n) is 15.0. The lowest BCUT2D eigenvalue weighted by atomic mass is 10.0. The van der Waals surface area contributed by atoms with Gasteiger partial charge in [-0.3, -0.25) is 4.79 Å². The summed E-state index contributed by atoms with van der Waals surface area (Å²) in [6.45, 7) is 6.94. The first-order valence-corrected chi connectivity index (χ1v) is 15.0. The summed E-state index contributed by atoms with van der Waals surface area (Å²) in [6, 6.07) is 8.12. The fourth-order valence-electron chi connectivity index (χ4n) is 5.17. The molecule has 3 heterocycles. The van der Waals surface area contributed by atoms with Crippen LogP contribution in [0.3, 0.4) is 0 Å². The number of amides is 1. The number of hydrogen-bond acceptors (Lipinski definition) is 8. The van der Waals surface area contributed by atoms with Gasteiger partial charge in [-0.25, -0.2) is 9.97 Å². The number of nitrogens with zero attached hydrogens (tertiary/aromatic N) is 6. The Morgan fingerprint density at radius 3 is 1.98 bits per heavy atom. The van der Waals surface area contributed by atoms with E-state index in [-0.39, 0.29) is 17.3 Å². The maximum absolute atomic E-state index is 13.7. The van der Waals surface area contributed by atoms with Gasteiger partial charge in [0.05, 0.1) is 18.2 Å². The van der Waals surface area contributed by atoms with Crippen LogP contribution in [-0.4, -0.2) is 111 Å². The molecule has 0 spiro atoms. The van der Waals surface area contributed by atoms with E-state index in [1.54, 1.807) is 24.3 Å². The molecule has 0 radical (unpaired) electrons. The Morgan fingerprint density at radius 1 is 0.872 bits per heavy atom. The van der Waals surface area contributed by atoms with Crippen LogP contribution in [0.4, 0.5) is 32.3 Å². The third-order valence-corrected chi connectivity index (χ3v) is 7.92. The summed E-state index contributed by atoms with van der Waals surface area (Å²) in [5, 5.41) is 3.27. The van der Waals surface area contributed by atoms with Gasteiger partial charge in [-0.1, -0.05) is 18.2 Å². The molecule has 2 saturated heterocycles. The molecule has 5 rings (SSSR count). The van der Waals surface area contributed by atoms with Crippen molar-refractivity contribution in [2.75, 3.05) is 85.5 Å². The first kappa shape index (κ1) is 35.9. The number of ether oxygens (including phenoxy) is 1. The average molecular weight is 668 g/mol. The molecule has 2 fully saturated rings. The zero-order chi connectivity index (χ0) is 34.4. The molecule has 1 amide bonds. The van der Waals surface area contributed by atoms with Crippen molar-refractivity contribution in [2.45, 2.75) is 18.9 Å². The van der Waals surface area contributed by atoms with E-state index in [9.17, 15) is 31.1 Å². The van der Waals surface area contributed by atoms with Gasteiger partial charge in [0.25, 0.3) is 5.91 Å². The normalized spacial score (nSPS) is 16.3. The predicted molar refractivity (Wildman–Crippen MR) is 166 cm³/mol. The van der Waals surface area contributed by atoms with E-state index in [1.807, 2.05) is 11.9 Å². The molecule has 2 aromatic carbocycles. The molecule has 0 aliphatic carbocycles. The van der Waals surface area contributed by atoms with Crippen LogP contribution >= 0.6 is 0 Å². The molecule has 0 atom stereocenters. The Kier molecular flexibility index (Phi) is 11.7. The van der Waals surface area contributed by atoms with E-state index in [1.165, 1.54) is 33.4 Å². The minimum absolute atomic E-state index is 0.0534. The lowest BCUT2D eigenvalue weighted by Crippen LogP contribution is -2.45. The smallest absolute Gasteiger partial charge is 0.416 e. The number of hydrogen-bond donors (Lipinski definition) is 1. The highest BCUT2D eigenvalue weighted by atomic mass is 19.4. The minimum Gasteiger partial charge on any atom is -0.496 e. The molecule has 2 aliphatic rings. The number of carbonyl (C=O) groups is 1. The zero-order valence-corrected chi connectivity index (χ0v) is 26.8. The number of halogens is 6. The number of aromatic nitrogens is 2. The largest absolute Gasteiger partial charge is 0.496 e. The van der Waals surface area contributed by atoms with Crippen molar-refractivity contribution < 1.29 is 35.9 Å². The number of likely N-dealkylation sites (N-methyl/N-ethyl adjacent to an activating group) is 2. The fraction of sp³-hybridized carbons (Fsp3) is 0.469. The molecule has 0 unspecified atom stereocenters. The Labute approximate surface area is 270 Å². The molecule has 9 nitrogen and oxygen atoms in total. The monoisotopic (exact) mass is 667 g/mol. The van der Waals surface area contributed by atoms with Crippen LogP contribution < -0.4 is 15.0 Å². The summed E-state index contributed by atoms with van der Waals surface area (Å²) >= 11 is 0. The number of alkyl halides is 6. The van der Waals surface area contributed by atoms with Crippen molar-refractivity contribution in [3.63, 3.8) is 0 Å². The van der Waals surface area contributed by atoms with Crippen LogP contribution in [-0.2, 0) is 18.9 Å². The number of nitrogens with one attached hydrogen (secondary N) is 1. The Bertz CT molecular complexity index is 1470. The van der Waals surface area contributed by atoms with Gasteiger partial charge in [-0.05, 0) is 43.9 Å². The number of rotatable bonds is 6. The quantitative estimate of drug-likeness (QED) is 0.379. The van der Waals surface area contributed by atoms with Crippen molar-refractivity contribution in [3.8, 4) is 16.9 Å². The third-order valence-electron chi connectivity index (χ3n) is 7.92. The van der Waals surface area contributed by atoms with Crippen LogP contribution in [0.1, 0.15) is 27.2 Å². The van der Waals surface area contributed by atoms with Crippen molar-refractivity contribution in [3.05, 3.63) is 71.0 Å². The minimum atomic E-state index is -5.00. The number of piperazine rings is 2. The molecule has 256 valence electrons. The van der Waals surface area contributed by atoms with Crippen molar-refractivity contribution >= 4 is 11.9 Å². The fourth-order valence-corrected chi connectivity index (χ4v) is 5.17. The number of carbonyl (C=O) groups excluding carboxylic acids is 1. The van der Waals surface area contributed by atoms with E-state index in [0.717, 1.165) is 31.1 Å². The SMILES string of the molecule is CN1CCNCC1.COc1ccccc1-c1cnc(N2CCN(C)CC2)nc1C(=O)N(C)Cc1cc(C(F)(F)F)cc(C(F)(F)F)c1. The van der Waals surface area contributed by atoms with Crippen LogP contribution in [0.25, 0.3) is 11.1 Å². The molecule has 3 aromatic rings. The van der Waals surface area contributed by atoms with Gasteiger partial charge in [-0.2, -0.15) is 26.3 Å². The van der Waals surface area contributed by atoms with Gasteiger partial charge in [0.1, 0.15) is 11.4 Å². The standard InChI is InChI=1S/C27H27F6N5O2.C5H12N2/c1-36-8-10-38(11-9-36)25-34-15-21(20-6-4-5-7-22(20)40-3)23(35-25)24(39)37(2)16-17-12-18(26(28,29)30)14-19(13-17)27(31,32)33;1-7-4-2-6-3-5-7/h4-7,12-15H,8-11,16H2,1-3H3;6H,2-5H2,1H3. The summed E-state index contributed by atoms with van der Waals surface area (Å²) in [5.74, 6) is 0.0226. The van der Waals surface area contributed by atoms with Crippen LogP contribution in [0.2, 0.25) is 0 Å². The molecule has 1 aromatic heterocycles. The highest BCUT2D eigenvalue weighted by Gasteiger charge is 2.37. The van der Waals surface area contributed by atoms with Crippen LogP contribution in [0, 0.1) is 0 Å². The first-order chi connectivity index (χ1) is 22.2. The summed E-state index contributed by atoms with van der Waals surface area (Å²) in [4.78, 5) is 30.1. The summed E-state index contributed by atoms with van der Waals surface area (Å²) in [6.07, 6.45) is -8.52. The molecule has 47 heavy (non-hydrogen) atoms. The van der Waals surface area contributed by atoms with Crippen molar-refractivity contribution in [1.82, 2.24) is 30.0 Å². The predicted octanol–water partition coefficient (Wildman–Crippen LogP) is 4.74. The van der Waals surface area contributed by atoms with E-state index in [2.05, 4.69) is 32.1 Å². The summed E-state index contributed by atoms with van der Waals surface area (Å²) < 4.78 is 85.7. The Hall–Kier alpha value is -3.95. The van der Waals surface area contributed by atoms with Crippen molar-refractivity contribution in [2.24, 2.45) is 0 Å². The highest BCUT2D eigenvalue weighted by molar-refractivity contribution is 5.99. The Morgan fingerprint density at radius 2 is 1.45 bits per heavy atom. The maximum Gasteiger partial charge on any atom is 0.416 e. The maximum atomic E-state index is 13.7. The van der Waals surface area contributed by atoms with Gasteiger partial charge >= 0.3 is 12.4 Å². The molecule has 1 N–H and O–H groups in total. The number of para-hydroxylation sites is 1. The van der Waals surface area contributed by atoms with E-state index in [4.69, 9.17) is 4.74 Å². The van der Waals surface area contributed by atoms with Gasteiger partial charge in [0.2, 0.25) is 5.95 Å². The average Bonchev–Trinajstić information content (AvgIpc) is 3.04. The van der Waals surface area contributed by atoms with E-state index < -0.39 is 35.9 Å². The summed E-state index contributed by atoms with van der Waals surface area (Å²) in [7, 11) is 6.88. The second-order valence-corrected chi connectivity index (χ2v) is 11.6. The van der Waals surface area contributed by atoms with Gasteiger partial charge < -0.3 is 29.7 Å². The van der Waals surface area contributed by atoms with Crippen molar-refractivity contribution in [1.29, 1.82) is 0 Å². The zero-order valence-electron chi connectivity index (χ0n) is 26.8. The molecule has 2 aliphatic heterocycles. The number of methoxy groups -OCH3 is 1. The second-order valence-electron chi connectivity index (χ2n) is 11.6. The third kappa shape index (κ3) is 9.55. The van der Waals surface area contributed by atoms with Gasteiger partial charge in [-0.15, -0.1) is 0 Å². The lowest BCUT2D eigenvalue weighted by Gasteiger charge is -2.32. The van der Waals surface area contributed by atoms with Gasteiger partial charge in [0, 0.05) is 83.3 Å². The van der Waals surface area contributed by atoms with E-state index >= 15 is 0 Å². The van der Waals surface area contributed by atoms with Gasteiger partial charge in [0.15, 0.2) is 0 Å². The van der Waals surface area contributed by atoms with Crippen LogP contribution in [0.5, 0.6) is 5.75 Å². The molecule has 0 saturated carbocycles. The molecule has 15 heteroatoms. The molecule has 0 bridgehead atoms. The summed E-state index contributed by atoms with van der Waals surface area (Å²) in [5.41, 5.74) is -2.47. The van der Waals surface area contributed by atoms with Crippen LogP contribution in [0.15, 0.2) is 48.7 Å².